The lowest BCUT2D eigenvalue weighted by molar-refractivity contribution is -0.161. The van der Waals surface area contributed by atoms with Gasteiger partial charge in [-0.05, 0) is 49.4 Å². The number of rotatable bonds is 73. The van der Waals surface area contributed by atoms with Crippen molar-refractivity contribution in [1.29, 1.82) is 0 Å². The van der Waals surface area contributed by atoms with E-state index in [4.69, 9.17) is 37.0 Å². The summed E-state index contributed by atoms with van der Waals surface area (Å²) < 4.78 is 68.4. The Morgan fingerprint density at radius 2 is 0.505 bits per heavy atom. The lowest BCUT2D eigenvalue weighted by atomic mass is 9.99. The van der Waals surface area contributed by atoms with Crippen molar-refractivity contribution >= 4 is 39.5 Å². The molecule has 0 radical (unpaired) electrons. The summed E-state index contributed by atoms with van der Waals surface area (Å²) in [5.41, 5.74) is 0. The highest BCUT2D eigenvalue weighted by atomic mass is 31.2. The number of ether oxygens (including phenoxy) is 4. The molecule has 0 aliphatic rings. The third kappa shape index (κ3) is 67.6. The van der Waals surface area contributed by atoms with E-state index < -0.39 is 97.5 Å². The summed E-state index contributed by atoms with van der Waals surface area (Å²) in [6, 6.07) is 0. The van der Waals surface area contributed by atoms with Crippen LogP contribution in [0.4, 0.5) is 0 Å². The third-order valence-corrected chi connectivity index (χ3v) is 20.2. The topological polar surface area (TPSA) is 237 Å². The van der Waals surface area contributed by atoms with E-state index in [0.717, 1.165) is 114 Å². The van der Waals surface area contributed by atoms with Crippen molar-refractivity contribution in [2.45, 2.75) is 401 Å². The molecule has 0 bridgehead atoms. The predicted octanol–water partition coefficient (Wildman–Crippen LogP) is 22.0. The molecule has 0 amide bonds. The van der Waals surface area contributed by atoms with Crippen LogP contribution in [0.1, 0.15) is 383 Å². The lowest BCUT2D eigenvalue weighted by Crippen LogP contribution is -2.30. The van der Waals surface area contributed by atoms with Gasteiger partial charge in [-0.1, -0.05) is 331 Å². The van der Waals surface area contributed by atoms with Crippen LogP contribution in [-0.2, 0) is 65.4 Å². The average Bonchev–Trinajstić information content (AvgIpc) is 2.23. The number of esters is 4. The normalized spacial score (nSPS) is 14.7. The molecule has 0 aromatic rings. The van der Waals surface area contributed by atoms with E-state index in [-0.39, 0.29) is 25.7 Å². The Morgan fingerprint density at radius 1 is 0.295 bits per heavy atom. The summed E-state index contributed by atoms with van der Waals surface area (Å²) >= 11 is 0. The van der Waals surface area contributed by atoms with Gasteiger partial charge in [0.1, 0.15) is 19.3 Å². The first kappa shape index (κ1) is 93.1. The molecule has 564 valence electrons. The number of phosphoric acid groups is 2. The van der Waals surface area contributed by atoms with Crippen LogP contribution in [0, 0.1) is 23.7 Å². The molecule has 0 fully saturated rings. The monoisotopic (exact) mass is 1400 g/mol. The molecule has 0 saturated heterocycles. The summed E-state index contributed by atoms with van der Waals surface area (Å²) in [4.78, 5) is 72.7. The summed E-state index contributed by atoms with van der Waals surface area (Å²) in [6.45, 7) is 14.2. The van der Waals surface area contributed by atoms with E-state index in [1.54, 1.807) is 0 Å². The number of phosphoric ester groups is 2. The van der Waals surface area contributed by atoms with Crippen LogP contribution < -0.4 is 0 Å². The standard InChI is InChI=1S/C76H148O17P2/c1-9-68(7)54-46-38-30-21-19-17-15-13-11-12-14-16-18-20-22-33-42-50-58-75(80)92-72(63-87-74(79)57-49-41-35-27-29-37-45-53-67(5)6)65-91-95(84,85)89-61-70(77)60-88-94(82,83)90-64-71(93-76(81)59-51-43-34-25-23-28-36-44-52-66(3)4)62-86-73(78)56-48-40-32-26-24-31-39-47-55-69(8)10-2/h66-72,77H,9-65H2,1-8H3,(H,82,83)(H,84,85)/t68?,69?,70?,71-,72-/m1/s1. The largest absolute Gasteiger partial charge is 0.472 e. The number of carbonyl (C=O) groups excluding carboxylic acids is 4. The minimum atomic E-state index is -4.96. The number of aliphatic hydroxyl groups is 1. The van der Waals surface area contributed by atoms with Crippen LogP contribution in [-0.4, -0.2) is 96.7 Å². The zero-order chi connectivity index (χ0) is 70.3. The minimum Gasteiger partial charge on any atom is -0.462 e. The van der Waals surface area contributed by atoms with E-state index >= 15 is 0 Å². The predicted molar refractivity (Wildman–Crippen MR) is 386 cm³/mol. The fraction of sp³-hybridized carbons (Fsp3) is 0.947. The molecule has 5 unspecified atom stereocenters. The Balaban J connectivity index is 5.17. The highest BCUT2D eigenvalue weighted by Crippen LogP contribution is 2.45. The summed E-state index contributed by atoms with van der Waals surface area (Å²) in [6.07, 6.45) is 50.1. The lowest BCUT2D eigenvalue weighted by Gasteiger charge is -2.21. The van der Waals surface area contributed by atoms with Crippen molar-refractivity contribution in [1.82, 2.24) is 0 Å². The fourth-order valence-corrected chi connectivity index (χ4v) is 13.1. The highest BCUT2D eigenvalue weighted by molar-refractivity contribution is 7.47. The fourth-order valence-electron chi connectivity index (χ4n) is 11.5. The van der Waals surface area contributed by atoms with Crippen molar-refractivity contribution in [3.63, 3.8) is 0 Å². The molecule has 0 aromatic heterocycles. The maximum atomic E-state index is 13.1. The molecule has 0 spiro atoms. The smallest absolute Gasteiger partial charge is 0.462 e. The quantitative estimate of drug-likeness (QED) is 0.0222. The van der Waals surface area contributed by atoms with Gasteiger partial charge < -0.3 is 33.8 Å². The first-order valence-electron chi connectivity index (χ1n) is 39.3. The third-order valence-electron chi connectivity index (χ3n) is 18.3. The Morgan fingerprint density at radius 3 is 0.747 bits per heavy atom. The maximum Gasteiger partial charge on any atom is 0.472 e. The van der Waals surface area contributed by atoms with Crippen LogP contribution in [0.25, 0.3) is 0 Å². The second-order valence-electron chi connectivity index (χ2n) is 28.8. The Labute approximate surface area is 581 Å². The molecule has 95 heavy (non-hydrogen) atoms. The van der Waals surface area contributed by atoms with E-state index in [1.807, 2.05) is 0 Å². The molecule has 0 aliphatic heterocycles. The van der Waals surface area contributed by atoms with Gasteiger partial charge in [-0.3, -0.25) is 37.3 Å². The van der Waals surface area contributed by atoms with Crippen LogP contribution >= 0.6 is 15.6 Å². The summed E-state index contributed by atoms with van der Waals surface area (Å²) in [5.74, 6) is 0.947. The van der Waals surface area contributed by atoms with E-state index in [9.17, 15) is 43.2 Å². The van der Waals surface area contributed by atoms with Gasteiger partial charge in [0.15, 0.2) is 12.2 Å². The van der Waals surface area contributed by atoms with Crippen LogP contribution in [0.15, 0.2) is 0 Å². The molecule has 0 aliphatic carbocycles. The van der Waals surface area contributed by atoms with E-state index in [2.05, 4.69) is 55.4 Å². The van der Waals surface area contributed by atoms with E-state index in [0.29, 0.717) is 31.6 Å². The van der Waals surface area contributed by atoms with E-state index in [1.165, 1.54) is 180 Å². The maximum absolute atomic E-state index is 13.1. The molecule has 19 heteroatoms. The molecule has 0 aromatic carbocycles. The summed E-state index contributed by atoms with van der Waals surface area (Å²) in [5, 5.41) is 10.6. The SMILES string of the molecule is CCC(C)CCCCCCCCCCCCCCCCCCCCC(=O)O[C@H](COC(=O)CCCCCCCCCC(C)C)COP(=O)(O)OCC(O)COP(=O)(O)OC[C@@H](COC(=O)CCCCCCCCCCC(C)CC)OC(=O)CCCCCCCCCCC(C)C. The van der Waals surface area contributed by atoms with Crippen molar-refractivity contribution < 1.29 is 80.2 Å². The molecule has 7 atom stereocenters. The molecule has 3 N–H and O–H groups in total. The zero-order valence-electron chi connectivity index (χ0n) is 62.3. The van der Waals surface area contributed by atoms with Gasteiger partial charge in [0.25, 0.3) is 0 Å². The highest BCUT2D eigenvalue weighted by Gasteiger charge is 2.30. The van der Waals surface area contributed by atoms with Crippen molar-refractivity contribution in [3.8, 4) is 0 Å². The average molecular weight is 1400 g/mol. The van der Waals surface area contributed by atoms with Gasteiger partial charge in [-0.15, -0.1) is 0 Å². The molecular weight excluding hydrogens is 1250 g/mol. The number of hydrogen-bond donors (Lipinski definition) is 3. The zero-order valence-corrected chi connectivity index (χ0v) is 64.1. The Kier molecular flexibility index (Phi) is 64.0. The van der Waals surface area contributed by atoms with Gasteiger partial charge in [0, 0.05) is 25.7 Å². The first-order valence-corrected chi connectivity index (χ1v) is 42.3. The molecule has 0 rings (SSSR count). The molecule has 0 saturated carbocycles. The summed E-state index contributed by atoms with van der Waals surface area (Å²) in [7, 11) is -9.91. The number of carbonyl (C=O) groups is 4. The number of aliphatic hydroxyl groups excluding tert-OH is 1. The van der Waals surface area contributed by atoms with Gasteiger partial charge in [0.05, 0.1) is 26.4 Å². The Hall–Kier alpha value is -1.94. The van der Waals surface area contributed by atoms with Gasteiger partial charge in [-0.2, -0.15) is 0 Å². The van der Waals surface area contributed by atoms with Gasteiger partial charge in [0.2, 0.25) is 0 Å². The number of hydrogen-bond acceptors (Lipinski definition) is 15. The molecule has 17 nitrogen and oxygen atoms in total. The van der Waals surface area contributed by atoms with Crippen LogP contribution in [0.5, 0.6) is 0 Å². The van der Waals surface area contributed by atoms with Crippen LogP contribution in [0.2, 0.25) is 0 Å². The Bertz CT molecular complexity index is 1870. The number of unbranched alkanes of at least 4 members (excludes halogenated alkanes) is 37. The van der Waals surface area contributed by atoms with Gasteiger partial charge >= 0.3 is 39.5 Å². The second-order valence-corrected chi connectivity index (χ2v) is 31.7. The molecular formula is C76H148O17P2. The van der Waals surface area contributed by atoms with Gasteiger partial charge in [-0.25, -0.2) is 9.13 Å². The van der Waals surface area contributed by atoms with Crippen molar-refractivity contribution in [2.24, 2.45) is 23.7 Å². The van der Waals surface area contributed by atoms with Crippen molar-refractivity contribution in [2.75, 3.05) is 39.6 Å². The molecule has 0 heterocycles. The second kappa shape index (κ2) is 65.4. The first-order chi connectivity index (χ1) is 45.7. The minimum absolute atomic E-state index is 0.104. The van der Waals surface area contributed by atoms with Crippen LogP contribution in [0.3, 0.4) is 0 Å². The van der Waals surface area contributed by atoms with Crippen molar-refractivity contribution in [3.05, 3.63) is 0 Å².